The minimum atomic E-state index is -2.97. The molecule has 35 heavy (non-hydrogen) atoms. The highest BCUT2D eigenvalue weighted by Crippen LogP contribution is 2.32. The molecule has 0 bridgehead atoms. The second-order valence-electron chi connectivity index (χ2n) is 7.92. The van der Waals surface area contributed by atoms with E-state index in [0.29, 0.717) is 31.6 Å². The van der Waals surface area contributed by atoms with E-state index in [1.807, 2.05) is 42.3 Å². The molecule has 2 unspecified atom stereocenters. The van der Waals surface area contributed by atoms with Crippen molar-refractivity contribution >= 4 is 14.0 Å². The van der Waals surface area contributed by atoms with Gasteiger partial charge in [-0.05, 0) is 37.6 Å². The smallest absolute Gasteiger partial charge is 0.316 e. The van der Waals surface area contributed by atoms with Gasteiger partial charge in [-0.1, -0.05) is 35.5 Å². The molecule has 1 aliphatic rings. The largest absolute Gasteiger partial charge is 0.332 e. The van der Waals surface area contributed by atoms with Gasteiger partial charge in [0, 0.05) is 30.6 Å². The lowest BCUT2D eigenvalue weighted by atomic mass is 10.0. The van der Waals surface area contributed by atoms with Gasteiger partial charge in [0.1, 0.15) is 17.3 Å². The summed E-state index contributed by atoms with van der Waals surface area (Å²) in [7, 11) is -2.97. The van der Waals surface area contributed by atoms with Gasteiger partial charge in [-0.25, -0.2) is 8.78 Å². The average Bonchev–Trinajstić information content (AvgIpc) is 3.50. The Morgan fingerprint density at radius 1 is 1.26 bits per heavy atom. The van der Waals surface area contributed by atoms with E-state index in [0.717, 1.165) is 17.7 Å². The zero-order chi connectivity index (χ0) is 24.8. The minimum absolute atomic E-state index is 0.0473. The molecular formula is C23H26F2N5O4P. The summed E-state index contributed by atoms with van der Waals surface area (Å²) in [5.74, 6) is -1.19. The van der Waals surface area contributed by atoms with E-state index in [1.165, 1.54) is 0 Å². The Balaban J connectivity index is 1.42. The summed E-state index contributed by atoms with van der Waals surface area (Å²) in [6, 6.07) is 12.4. The van der Waals surface area contributed by atoms with Crippen LogP contribution in [0.25, 0.3) is 11.4 Å². The van der Waals surface area contributed by atoms with Crippen molar-refractivity contribution in [2.24, 2.45) is 5.10 Å². The first-order valence-electron chi connectivity index (χ1n) is 11.2. The summed E-state index contributed by atoms with van der Waals surface area (Å²) in [5.41, 5.74) is 1.78. The van der Waals surface area contributed by atoms with Gasteiger partial charge in [-0.3, -0.25) is 9.57 Å². The highest BCUT2D eigenvalue weighted by atomic mass is 31.1. The van der Waals surface area contributed by atoms with Gasteiger partial charge in [0.25, 0.3) is 5.89 Å². The molecule has 3 aromatic rings. The Bertz CT molecular complexity index is 1180. The second-order valence-corrected chi connectivity index (χ2v) is 8.74. The van der Waals surface area contributed by atoms with Crippen molar-refractivity contribution in [1.82, 2.24) is 20.5 Å². The van der Waals surface area contributed by atoms with Crippen LogP contribution in [0.1, 0.15) is 42.8 Å². The lowest BCUT2D eigenvalue weighted by molar-refractivity contribution is 0.246. The standard InChI is InChI=1S/C23H26F2N5O4P/c1-2-30-21(15-7-4-3-5-8-15)13-20(28-30)23-27-22(29-34-23)16-11-18(24)17(19(25)12-16)14-26-9-6-10-33-35(31)32/h3-5,7-8,11-12,21,26,35H,2,6,9-10,13-14H2,1H3,(H,31,32). The van der Waals surface area contributed by atoms with Crippen LogP contribution in [0.2, 0.25) is 0 Å². The Morgan fingerprint density at radius 3 is 2.69 bits per heavy atom. The van der Waals surface area contributed by atoms with Crippen LogP contribution >= 0.6 is 8.25 Å². The summed E-state index contributed by atoms with van der Waals surface area (Å²) >= 11 is 0. The van der Waals surface area contributed by atoms with E-state index in [2.05, 4.69) is 25.1 Å². The van der Waals surface area contributed by atoms with Crippen molar-refractivity contribution in [2.75, 3.05) is 19.7 Å². The van der Waals surface area contributed by atoms with Gasteiger partial charge >= 0.3 is 8.25 Å². The van der Waals surface area contributed by atoms with Crippen LogP contribution < -0.4 is 5.32 Å². The first-order chi connectivity index (χ1) is 17.0. The van der Waals surface area contributed by atoms with Gasteiger partial charge < -0.3 is 19.3 Å². The molecule has 0 amide bonds. The number of nitrogens with one attached hydrogen (secondary N) is 1. The third-order valence-corrected chi connectivity index (χ3v) is 6.05. The molecule has 0 spiro atoms. The Morgan fingerprint density at radius 2 is 2.00 bits per heavy atom. The molecule has 0 aliphatic carbocycles. The number of hydrogen-bond donors (Lipinski definition) is 2. The Kier molecular flexibility index (Phi) is 8.35. The highest BCUT2D eigenvalue weighted by Gasteiger charge is 2.30. The molecule has 2 atom stereocenters. The molecule has 9 nitrogen and oxygen atoms in total. The van der Waals surface area contributed by atoms with Gasteiger partial charge in [-0.15, -0.1) is 0 Å². The third kappa shape index (κ3) is 6.18. The molecule has 4 rings (SSSR count). The van der Waals surface area contributed by atoms with Crippen LogP contribution in [-0.2, 0) is 15.6 Å². The number of hydrazone groups is 1. The molecule has 0 saturated carbocycles. The molecule has 2 heterocycles. The summed E-state index contributed by atoms with van der Waals surface area (Å²) in [4.78, 5) is 12.9. The Labute approximate surface area is 201 Å². The fourth-order valence-electron chi connectivity index (χ4n) is 3.87. The molecule has 0 saturated heterocycles. The van der Waals surface area contributed by atoms with Crippen molar-refractivity contribution < 1.29 is 27.3 Å². The molecule has 1 aliphatic heterocycles. The lowest BCUT2D eigenvalue weighted by Crippen LogP contribution is -2.18. The maximum atomic E-state index is 14.6. The monoisotopic (exact) mass is 505 g/mol. The molecule has 186 valence electrons. The molecule has 2 aromatic carbocycles. The molecule has 1 aromatic heterocycles. The third-order valence-electron chi connectivity index (χ3n) is 5.60. The van der Waals surface area contributed by atoms with E-state index >= 15 is 0 Å². The fraction of sp³-hybridized carbons (Fsp3) is 0.348. The number of aromatic nitrogens is 2. The Hall–Kier alpha value is -2.98. The van der Waals surface area contributed by atoms with Gasteiger partial charge in [0.15, 0.2) is 0 Å². The maximum Gasteiger partial charge on any atom is 0.316 e. The van der Waals surface area contributed by atoms with Crippen molar-refractivity contribution in [3.05, 3.63) is 71.1 Å². The number of benzene rings is 2. The van der Waals surface area contributed by atoms with E-state index < -0.39 is 19.9 Å². The molecule has 0 radical (unpaired) electrons. The van der Waals surface area contributed by atoms with Gasteiger partial charge in [0.05, 0.1) is 12.6 Å². The van der Waals surface area contributed by atoms with E-state index in [4.69, 9.17) is 9.42 Å². The predicted molar refractivity (Wildman–Crippen MR) is 126 cm³/mol. The topological polar surface area (TPSA) is 113 Å². The predicted octanol–water partition coefficient (Wildman–Crippen LogP) is 4.06. The zero-order valence-electron chi connectivity index (χ0n) is 19.1. The number of hydrogen-bond acceptors (Lipinski definition) is 8. The summed E-state index contributed by atoms with van der Waals surface area (Å²) in [6.45, 7) is 3.11. The van der Waals surface area contributed by atoms with Crippen LogP contribution in [-0.4, -0.2) is 45.5 Å². The van der Waals surface area contributed by atoms with Crippen molar-refractivity contribution in [1.29, 1.82) is 0 Å². The maximum absolute atomic E-state index is 14.6. The first kappa shape index (κ1) is 25.1. The van der Waals surface area contributed by atoms with Crippen molar-refractivity contribution in [3.63, 3.8) is 0 Å². The van der Waals surface area contributed by atoms with Crippen molar-refractivity contribution in [3.8, 4) is 11.4 Å². The quantitative estimate of drug-likeness (QED) is 0.296. The van der Waals surface area contributed by atoms with Crippen LogP contribution in [0.15, 0.2) is 52.1 Å². The van der Waals surface area contributed by atoms with E-state index in [1.54, 1.807) is 0 Å². The minimum Gasteiger partial charge on any atom is -0.332 e. The SMILES string of the molecule is CCN1N=C(c2nc(-c3cc(F)c(CNCCCO[PH](=O)O)c(F)c3)no2)CC1c1ccccc1. The average molecular weight is 505 g/mol. The first-order valence-corrected chi connectivity index (χ1v) is 12.5. The molecular weight excluding hydrogens is 479 g/mol. The van der Waals surface area contributed by atoms with E-state index in [9.17, 15) is 13.3 Å². The molecule has 0 fully saturated rings. The van der Waals surface area contributed by atoms with Crippen molar-refractivity contribution in [2.45, 2.75) is 32.4 Å². The van der Waals surface area contributed by atoms with Crippen LogP contribution in [0, 0.1) is 11.6 Å². The number of halogens is 2. The van der Waals surface area contributed by atoms with E-state index in [-0.39, 0.29) is 42.0 Å². The summed E-state index contributed by atoms with van der Waals surface area (Å²) < 4.78 is 49.7. The van der Waals surface area contributed by atoms with Crippen LogP contribution in [0.5, 0.6) is 0 Å². The zero-order valence-corrected chi connectivity index (χ0v) is 20.1. The summed E-state index contributed by atoms with van der Waals surface area (Å²) in [6.07, 6.45) is 1.00. The second kappa shape index (κ2) is 11.6. The molecule has 2 N–H and O–H groups in total. The number of nitrogens with zero attached hydrogens (tertiary/aromatic N) is 4. The van der Waals surface area contributed by atoms with Crippen LogP contribution in [0.3, 0.4) is 0 Å². The fourth-order valence-corrected chi connectivity index (χ4v) is 4.19. The highest BCUT2D eigenvalue weighted by molar-refractivity contribution is 7.32. The molecule has 12 heteroatoms. The lowest BCUT2D eigenvalue weighted by Gasteiger charge is -2.21. The number of rotatable bonds is 11. The normalized spacial score (nSPS) is 16.5. The van der Waals surface area contributed by atoms with Crippen LogP contribution in [0.4, 0.5) is 8.78 Å². The van der Waals surface area contributed by atoms with Gasteiger partial charge in [0.2, 0.25) is 5.82 Å². The summed E-state index contributed by atoms with van der Waals surface area (Å²) in [5, 5.41) is 13.4. The van der Waals surface area contributed by atoms with Gasteiger partial charge in [-0.2, -0.15) is 10.1 Å².